The van der Waals surface area contributed by atoms with Crippen molar-refractivity contribution in [2.45, 2.75) is 17.9 Å². The topological polar surface area (TPSA) is 115 Å². The van der Waals surface area contributed by atoms with Gasteiger partial charge in [0.1, 0.15) is 0 Å². The van der Waals surface area contributed by atoms with Crippen LogP contribution in [0.1, 0.15) is 6.92 Å². The van der Waals surface area contributed by atoms with Gasteiger partial charge in [-0.3, -0.25) is 9.78 Å². The Morgan fingerprint density at radius 3 is 2.61 bits per heavy atom. The number of likely N-dealkylation sites (tertiary alicyclic amines) is 1. The molecule has 1 aliphatic heterocycles. The maximum Gasteiger partial charge on any atom is 0.326 e. The van der Waals surface area contributed by atoms with E-state index in [1.54, 1.807) is 0 Å². The number of benzene rings is 1. The van der Waals surface area contributed by atoms with Gasteiger partial charge in [-0.25, -0.2) is 17.9 Å². The summed E-state index contributed by atoms with van der Waals surface area (Å²) < 4.78 is 27.8. The molecule has 9 heteroatoms. The monoisotopic (exact) mass is 338 g/mol. The van der Waals surface area contributed by atoms with E-state index in [0.29, 0.717) is 12.1 Å². The molecule has 0 saturated carbocycles. The van der Waals surface area contributed by atoms with E-state index in [1.807, 2.05) is 14.0 Å². The Hall–Kier alpha value is -1.97. The standard InChI is InChI=1S/C14H18N4O4S/c1-8-6-18(2)7-12(8)17-23(21,22)9-3-4-11-10(5-9)13(19)16-14(20)15-11/h3-5,8,12,17H,6-7H2,1-2H3,(H2,15,16,19,20)/t8-,12-/m1/s1. The minimum atomic E-state index is -3.74. The third-order valence-corrected chi connectivity index (χ3v) is 5.61. The molecule has 1 saturated heterocycles. The van der Waals surface area contributed by atoms with Gasteiger partial charge >= 0.3 is 5.69 Å². The van der Waals surface area contributed by atoms with E-state index >= 15 is 0 Å². The number of hydrogen-bond acceptors (Lipinski definition) is 5. The van der Waals surface area contributed by atoms with E-state index in [4.69, 9.17) is 0 Å². The van der Waals surface area contributed by atoms with E-state index in [0.717, 1.165) is 6.54 Å². The lowest BCUT2D eigenvalue weighted by atomic mass is 10.1. The minimum absolute atomic E-state index is 0.00398. The molecule has 0 bridgehead atoms. The SMILES string of the molecule is C[C@@H]1CN(C)C[C@H]1NS(=O)(=O)c1ccc2[nH]c(=O)[nH]c(=O)c2c1. The molecule has 1 aromatic carbocycles. The van der Waals surface area contributed by atoms with E-state index < -0.39 is 21.3 Å². The average Bonchev–Trinajstić information content (AvgIpc) is 2.75. The molecule has 8 nitrogen and oxygen atoms in total. The molecule has 0 unspecified atom stereocenters. The number of hydrogen-bond donors (Lipinski definition) is 3. The van der Waals surface area contributed by atoms with Gasteiger partial charge in [-0.15, -0.1) is 0 Å². The molecule has 3 rings (SSSR count). The molecule has 1 aliphatic rings. The molecule has 2 aromatic rings. The third kappa shape index (κ3) is 3.07. The number of H-pyrrole nitrogens is 2. The van der Waals surface area contributed by atoms with Crippen LogP contribution in [0.15, 0.2) is 32.7 Å². The summed E-state index contributed by atoms with van der Waals surface area (Å²) in [5.74, 6) is 0.204. The van der Waals surface area contributed by atoms with Gasteiger partial charge in [0.05, 0.1) is 15.8 Å². The molecule has 0 aliphatic carbocycles. The lowest BCUT2D eigenvalue weighted by Crippen LogP contribution is -2.39. The molecule has 2 heterocycles. The molecule has 2 atom stereocenters. The van der Waals surface area contributed by atoms with Crippen molar-refractivity contribution in [1.82, 2.24) is 19.6 Å². The Bertz CT molecular complexity index is 963. The van der Waals surface area contributed by atoms with Crippen molar-refractivity contribution in [3.05, 3.63) is 39.0 Å². The molecule has 124 valence electrons. The molecule has 0 radical (unpaired) electrons. The predicted molar refractivity (Wildman–Crippen MR) is 86.0 cm³/mol. The third-order valence-electron chi connectivity index (χ3n) is 4.12. The van der Waals surface area contributed by atoms with Crippen LogP contribution in [0.5, 0.6) is 0 Å². The Morgan fingerprint density at radius 2 is 1.96 bits per heavy atom. The summed E-state index contributed by atoms with van der Waals surface area (Å²) in [4.78, 5) is 29.7. The number of aromatic nitrogens is 2. The van der Waals surface area contributed by atoms with Crippen LogP contribution in [0.25, 0.3) is 10.9 Å². The number of rotatable bonds is 3. The Morgan fingerprint density at radius 1 is 1.22 bits per heavy atom. The number of likely N-dealkylation sites (N-methyl/N-ethyl adjacent to an activating group) is 1. The molecule has 1 fully saturated rings. The highest BCUT2D eigenvalue weighted by atomic mass is 32.2. The number of nitrogens with zero attached hydrogens (tertiary/aromatic N) is 1. The molecule has 23 heavy (non-hydrogen) atoms. The zero-order valence-electron chi connectivity index (χ0n) is 12.8. The summed E-state index contributed by atoms with van der Waals surface area (Å²) in [6.07, 6.45) is 0. The van der Waals surface area contributed by atoms with E-state index in [-0.39, 0.29) is 22.2 Å². The molecule has 0 spiro atoms. The molecular weight excluding hydrogens is 320 g/mol. The summed E-state index contributed by atoms with van der Waals surface area (Å²) in [5.41, 5.74) is -0.944. The summed E-state index contributed by atoms with van der Waals surface area (Å²) in [7, 11) is -1.80. The fraction of sp³-hybridized carbons (Fsp3) is 0.429. The van der Waals surface area contributed by atoms with Crippen molar-refractivity contribution in [2.75, 3.05) is 20.1 Å². The highest BCUT2D eigenvalue weighted by Crippen LogP contribution is 2.19. The maximum atomic E-state index is 12.5. The van der Waals surface area contributed by atoms with E-state index in [9.17, 15) is 18.0 Å². The summed E-state index contributed by atoms with van der Waals surface area (Å²) >= 11 is 0. The van der Waals surface area contributed by atoms with Crippen LogP contribution in [-0.4, -0.2) is 49.5 Å². The van der Waals surface area contributed by atoms with Crippen LogP contribution in [0.2, 0.25) is 0 Å². The second kappa shape index (κ2) is 5.59. The first kappa shape index (κ1) is 15.9. The number of nitrogens with one attached hydrogen (secondary N) is 3. The second-order valence-electron chi connectivity index (χ2n) is 6.04. The normalized spacial score (nSPS) is 22.7. The Labute approximate surface area is 132 Å². The summed E-state index contributed by atoms with van der Waals surface area (Å²) in [6.45, 7) is 3.46. The van der Waals surface area contributed by atoms with Crippen molar-refractivity contribution < 1.29 is 8.42 Å². The first-order chi connectivity index (χ1) is 10.8. The largest absolute Gasteiger partial charge is 0.326 e. The fourth-order valence-corrected chi connectivity index (χ4v) is 4.30. The highest BCUT2D eigenvalue weighted by molar-refractivity contribution is 7.89. The molecular formula is C14H18N4O4S. The number of fused-ring (bicyclic) bond motifs is 1. The van der Waals surface area contributed by atoms with Crippen molar-refractivity contribution in [2.24, 2.45) is 5.92 Å². The summed E-state index contributed by atoms with van der Waals surface area (Å²) in [6, 6.07) is 3.90. The van der Waals surface area contributed by atoms with Crippen LogP contribution in [0.4, 0.5) is 0 Å². The average molecular weight is 338 g/mol. The van der Waals surface area contributed by atoms with E-state index in [1.165, 1.54) is 18.2 Å². The number of sulfonamides is 1. The van der Waals surface area contributed by atoms with Gasteiger partial charge in [0, 0.05) is 19.1 Å². The highest BCUT2D eigenvalue weighted by Gasteiger charge is 2.31. The minimum Gasteiger partial charge on any atom is -0.307 e. The van der Waals surface area contributed by atoms with Crippen molar-refractivity contribution in [3.63, 3.8) is 0 Å². The predicted octanol–water partition coefficient (Wildman–Crippen LogP) is -0.555. The van der Waals surface area contributed by atoms with Gasteiger partial charge in [-0.2, -0.15) is 0 Å². The maximum absolute atomic E-state index is 12.5. The van der Waals surface area contributed by atoms with Crippen molar-refractivity contribution in [3.8, 4) is 0 Å². The molecule has 1 aromatic heterocycles. The van der Waals surface area contributed by atoms with Gasteiger partial charge in [0.2, 0.25) is 10.0 Å². The van der Waals surface area contributed by atoms with E-state index in [2.05, 4.69) is 19.6 Å². The lowest BCUT2D eigenvalue weighted by molar-refractivity contribution is 0.400. The van der Waals surface area contributed by atoms with Crippen LogP contribution >= 0.6 is 0 Å². The van der Waals surface area contributed by atoms with Gasteiger partial charge < -0.3 is 9.88 Å². The van der Waals surface area contributed by atoms with Crippen LogP contribution < -0.4 is 16.0 Å². The summed E-state index contributed by atoms with van der Waals surface area (Å²) in [5, 5.41) is 0.129. The molecule has 0 amide bonds. The van der Waals surface area contributed by atoms with Crippen molar-refractivity contribution >= 4 is 20.9 Å². The van der Waals surface area contributed by atoms with Crippen LogP contribution in [-0.2, 0) is 10.0 Å². The zero-order valence-corrected chi connectivity index (χ0v) is 13.6. The van der Waals surface area contributed by atoms with Gasteiger partial charge in [0.15, 0.2) is 0 Å². The fourth-order valence-electron chi connectivity index (χ4n) is 2.94. The van der Waals surface area contributed by atoms with Gasteiger partial charge in [-0.1, -0.05) is 6.92 Å². The first-order valence-electron chi connectivity index (χ1n) is 7.23. The lowest BCUT2D eigenvalue weighted by Gasteiger charge is -2.16. The number of aromatic amines is 2. The van der Waals surface area contributed by atoms with Gasteiger partial charge in [-0.05, 0) is 31.2 Å². The Balaban J connectivity index is 1.98. The zero-order chi connectivity index (χ0) is 16.8. The van der Waals surface area contributed by atoms with Gasteiger partial charge in [0.25, 0.3) is 5.56 Å². The Kier molecular flexibility index (Phi) is 3.86. The smallest absolute Gasteiger partial charge is 0.307 e. The van der Waals surface area contributed by atoms with Crippen LogP contribution in [0.3, 0.4) is 0 Å². The molecule has 3 N–H and O–H groups in total. The second-order valence-corrected chi connectivity index (χ2v) is 7.76. The first-order valence-corrected chi connectivity index (χ1v) is 8.72. The van der Waals surface area contributed by atoms with Crippen molar-refractivity contribution in [1.29, 1.82) is 0 Å². The van der Waals surface area contributed by atoms with Crippen LogP contribution in [0, 0.1) is 5.92 Å². The quantitative estimate of drug-likeness (QED) is 0.694.